The molecule has 3 rings (SSSR count). The van der Waals surface area contributed by atoms with E-state index < -0.39 is 0 Å². The summed E-state index contributed by atoms with van der Waals surface area (Å²) in [4.78, 5) is 14.3. The van der Waals surface area contributed by atoms with Crippen LogP contribution in [0, 0.1) is 12.8 Å². The molecule has 1 aromatic carbocycles. The van der Waals surface area contributed by atoms with Crippen molar-refractivity contribution in [2.45, 2.75) is 31.0 Å². The number of aromatic nitrogens is 2. The molecule has 1 unspecified atom stereocenters. The zero-order valence-corrected chi connectivity index (χ0v) is 15.6. The SMILES string of the molecule is Cc1ccccc1Nc1nnc(SCC(=O)N2CCCC(C)C2)s1. The Labute approximate surface area is 150 Å². The van der Waals surface area contributed by atoms with Gasteiger partial charge in [-0.15, -0.1) is 10.2 Å². The lowest BCUT2D eigenvalue weighted by Gasteiger charge is -2.30. The van der Waals surface area contributed by atoms with Crippen molar-refractivity contribution in [3.05, 3.63) is 29.8 Å². The lowest BCUT2D eigenvalue weighted by molar-refractivity contribution is -0.130. The van der Waals surface area contributed by atoms with Crippen molar-refractivity contribution >= 4 is 39.8 Å². The molecule has 1 aliphatic rings. The van der Waals surface area contributed by atoms with Crippen LogP contribution in [0.3, 0.4) is 0 Å². The van der Waals surface area contributed by atoms with Crippen LogP contribution in [-0.2, 0) is 4.79 Å². The lowest BCUT2D eigenvalue weighted by Crippen LogP contribution is -2.40. The van der Waals surface area contributed by atoms with Crippen LogP contribution >= 0.6 is 23.1 Å². The van der Waals surface area contributed by atoms with Gasteiger partial charge in [-0.3, -0.25) is 4.79 Å². The summed E-state index contributed by atoms with van der Waals surface area (Å²) >= 11 is 2.96. The molecule has 128 valence electrons. The molecule has 1 amide bonds. The minimum Gasteiger partial charge on any atom is -0.342 e. The van der Waals surface area contributed by atoms with Gasteiger partial charge in [0.05, 0.1) is 5.75 Å². The molecule has 1 aliphatic heterocycles. The van der Waals surface area contributed by atoms with Crippen LogP contribution < -0.4 is 5.32 Å². The van der Waals surface area contributed by atoms with E-state index in [1.165, 1.54) is 29.5 Å². The van der Waals surface area contributed by atoms with Crippen LogP contribution in [0.15, 0.2) is 28.6 Å². The summed E-state index contributed by atoms with van der Waals surface area (Å²) in [5.41, 5.74) is 2.19. The molecular formula is C17H22N4OS2. The molecule has 7 heteroatoms. The maximum absolute atomic E-state index is 12.3. The van der Waals surface area contributed by atoms with Crippen LogP contribution in [0.2, 0.25) is 0 Å². The maximum atomic E-state index is 12.3. The highest BCUT2D eigenvalue weighted by Gasteiger charge is 2.21. The lowest BCUT2D eigenvalue weighted by atomic mass is 10.0. The van der Waals surface area contributed by atoms with Crippen molar-refractivity contribution in [2.24, 2.45) is 5.92 Å². The molecule has 1 aromatic heterocycles. The molecule has 0 bridgehead atoms. The number of nitrogens with one attached hydrogen (secondary N) is 1. The van der Waals surface area contributed by atoms with Gasteiger partial charge >= 0.3 is 0 Å². The van der Waals surface area contributed by atoms with Gasteiger partial charge in [0.2, 0.25) is 11.0 Å². The molecule has 1 saturated heterocycles. The summed E-state index contributed by atoms with van der Waals surface area (Å²) < 4.78 is 0.824. The van der Waals surface area contributed by atoms with E-state index in [0.29, 0.717) is 11.7 Å². The van der Waals surface area contributed by atoms with E-state index in [1.54, 1.807) is 0 Å². The molecule has 1 fully saturated rings. The van der Waals surface area contributed by atoms with Gasteiger partial charge in [0.1, 0.15) is 0 Å². The molecule has 0 saturated carbocycles. The number of piperidine rings is 1. The topological polar surface area (TPSA) is 58.1 Å². The summed E-state index contributed by atoms with van der Waals surface area (Å²) in [7, 11) is 0. The van der Waals surface area contributed by atoms with E-state index in [1.807, 2.05) is 23.1 Å². The van der Waals surface area contributed by atoms with E-state index in [0.717, 1.165) is 40.2 Å². The van der Waals surface area contributed by atoms with Gasteiger partial charge in [-0.1, -0.05) is 48.2 Å². The van der Waals surface area contributed by atoms with Gasteiger partial charge in [0.25, 0.3) is 0 Å². The number of anilines is 2. The number of hydrogen-bond acceptors (Lipinski definition) is 6. The van der Waals surface area contributed by atoms with Gasteiger partial charge in [0, 0.05) is 18.8 Å². The number of likely N-dealkylation sites (tertiary alicyclic amines) is 1. The highest BCUT2D eigenvalue weighted by molar-refractivity contribution is 8.01. The molecule has 2 aromatic rings. The number of hydrogen-bond donors (Lipinski definition) is 1. The third kappa shape index (κ3) is 4.48. The number of aryl methyl sites for hydroxylation is 1. The van der Waals surface area contributed by atoms with Crippen molar-refractivity contribution < 1.29 is 4.79 Å². The highest BCUT2D eigenvalue weighted by atomic mass is 32.2. The van der Waals surface area contributed by atoms with Crippen molar-refractivity contribution in [3.8, 4) is 0 Å². The number of benzene rings is 1. The standard InChI is InChI=1S/C17H22N4OS2/c1-12-6-5-9-21(10-12)15(22)11-23-17-20-19-16(24-17)18-14-8-4-3-7-13(14)2/h3-4,7-8,12H,5-6,9-11H2,1-2H3,(H,18,19). The van der Waals surface area contributed by atoms with Gasteiger partial charge in [-0.05, 0) is 37.3 Å². The largest absolute Gasteiger partial charge is 0.342 e. The zero-order chi connectivity index (χ0) is 16.9. The van der Waals surface area contributed by atoms with E-state index in [-0.39, 0.29) is 5.91 Å². The van der Waals surface area contributed by atoms with Crippen molar-refractivity contribution in [1.29, 1.82) is 0 Å². The monoisotopic (exact) mass is 362 g/mol. The summed E-state index contributed by atoms with van der Waals surface area (Å²) in [6.45, 7) is 6.04. The van der Waals surface area contributed by atoms with Crippen LogP contribution in [0.5, 0.6) is 0 Å². The first-order valence-corrected chi connectivity index (χ1v) is 9.99. The zero-order valence-electron chi connectivity index (χ0n) is 14.0. The Hall–Kier alpha value is -1.60. The van der Waals surface area contributed by atoms with Crippen molar-refractivity contribution in [1.82, 2.24) is 15.1 Å². The number of carbonyl (C=O) groups is 1. The number of rotatable bonds is 5. The first-order chi connectivity index (χ1) is 11.6. The Morgan fingerprint density at radius 1 is 1.42 bits per heavy atom. The second kappa shape index (κ2) is 7.98. The first-order valence-electron chi connectivity index (χ1n) is 8.18. The van der Waals surface area contributed by atoms with Crippen LogP contribution in [0.4, 0.5) is 10.8 Å². The number of para-hydroxylation sites is 1. The van der Waals surface area contributed by atoms with Gasteiger partial charge in [0.15, 0.2) is 4.34 Å². The molecule has 1 N–H and O–H groups in total. The first kappa shape index (κ1) is 17.2. The van der Waals surface area contributed by atoms with Crippen LogP contribution in [0.25, 0.3) is 0 Å². The Balaban J connectivity index is 1.53. The van der Waals surface area contributed by atoms with E-state index in [9.17, 15) is 4.79 Å². The van der Waals surface area contributed by atoms with Crippen molar-refractivity contribution in [2.75, 3.05) is 24.2 Å². The van der Waals surface area contributed by atoms with Gasteiger partial charge in [-0.25, -0.2) is 0 Å². The highest BCUT2D eigenvalue weighted by Crippen LogP contribution is 2.29. The van der Waals surface area contributed by atoms with E-state index in [4.69, 9.17) is 0 Å². The summed E-state index contributed by atoms with van der Waals surface area (Å²) in [5, 5.41) is 12.4. The molecule has 0 aliphatic carbocycles. The molecule has 1 atom stereocenters. The van der Waals surface area contributed by atoms with Crippen molar-refractivity contribution in [3.63, 3.8) is 0 Å². The number of amides is 1. The molecule has 5 nitrogen and oxygen atoms in total. The number of nitrogens with zero attached hydrogens (tertiary/aromatic N) is 3. The quantitative estimate of drug-likeness (QED) is 0.817. The smallest absolute Gasteiger partial charge is 0.233 e. The second-order valence-electron chi connectivity index (χ2n) is 6.19. The Bertz CT molecular complexity index is 703. The molecular weight excluding hydrogens is 340 g/mol. The predicted octanol–water partition coefficient (Wildman–Crippen LogP) is 3.94. The number of thioether (sulfide) groups is 1. The fraction of sp³-hybridized carbons (Fsp3) is 0.471. The Morgan fingerprint density at radius 3 is 3.04 bits per heavy atom. The molecule has 0 radical (unpaired) electrons. The Morgan fingerprint density at radius 2 is 2.25 bits per heavy atom. The average Bonchev–Trinajstić information content (AvgIpc) is 3.02. The van der Waals surface area contributed by atoms with Crippen LogP contribution in [-0.4, -0.2) is 39.8 Å². The summed E-state index contributed by atoms with van der Waals surface area (Å²) in [6, 6.07) is 8.07. The Kier molecular flexibility index (Phi) is 5.73. The molecule has 24 heavy (non-hydrogen) atoms. The molecule has 2 heterocycles. The number of carbonyl (C=O) groups excluding carboxylic acids is 1. The minimum absolute atomic E-state index is 0.204. The van der Waals surface area contributed by atoms with Gasteiger partial charge in [-0.2, -0.15) is 0 Å². The fourth-order valence-electron chi connectivity index (χ4n) is 2.78. The van der Waals surface area contributed by atoms with Crippen LogP contribution in [0.1, 0.15) is 25.3 Å². The summed E-state index contributed by atoms with van der Waals surface area (Å²) in [5.74, 6) is 1.25. The fourth-order valence-corrected chi connectivity index (χ4v) is 4.44. The average molecular weight is 363 g/mol. The van der Waals surface area contributed by atoms with Gasteiger partial charge < -0.3 is 10.2 Å². The molecule has 0 spiro atoms. The third-order valence-corrected chi connectivity index (χ3v) is 6.08. The maximum Gasteiger partial charge on any atom is 0.233 e. The predicted molar refractivity (Wildman–Crippen MR) is 100 cm³/mol. The summed E-state index contributed by atoms with van der Waals surface area (Å²) in [6.07, 6.45) is 2.34. The van der Waals surface area contributed by atoms with E-state index >= 15 is 0 Å². The second-order valence-corrected chi connectivity index (χ2v) is 8.39. The van der Waals surface area contributed by atoms with E-state index in [2.05, 4.69) is 35.4 Å². The normalized spacial score (nSPS) is 17.8. The minimum atomic E-state index is 0.204. The third-order valence-electron chi connectivity index (χ3n) is 4.12.